The van der Waals surface area contributed by atoms with Crippen molar-refractivity contribution in [3.63, 3.8) is 0 Å². The van der Waals surface area contributed by atoms with Gasteiger partial charge in [-0.3, -0.25) is 14.5 Å². The van der Waals surface area contributed by atoms with Crippen LogP contribution in [0.5, 0.6) is 0 Å². The number of aromatic amines is 1. The van der Waals surface area contributed by atoms with E-state index in [1.54, 1.807) is 10.9 Å². The molecule has 0 fully saturated rings. The molecule has 0 bridgehead atoms. The fourth-order valence-electron chi connectivity index (χ4n) is 1.71. The lowest BCUT2D eigenvalue weighted by atomic mass is 10.3. The molecule has 0 saturated heterocycles. The summed E-state index contributed by atoms with van der Waals surface area (Å²) in [5.41, 5.74) is 1.03. The van der Waals surface area contributed by atoms with Gasteiger partial charge in [0, 0.05) is 24.8 Å². The molecule has 2 heterocycles. The average molecular weight is 298 g/mol. The zero-order valence-electron chi connectivity index (χ0n) is 11.4. The van der Waals surface area contributed by atoms with Gasteiger partial charge in [0.2, 0.25) is 0 Å². The van der Waals surface area contributed by atoms with Crippen LogP contribution in [0.4, 0.5) is 5.69 Å². The van der Waals surface area contributed by atoms with Crippen LogP contribution in [-0.2, 0) is 23.1 Å². The molecular formula is C11H18N6O2S. The molecule has 0 unspecified atom stereocenters. The average Bonchev–Trinajstić information content (AvgIpc) is 3.04. The van der Waals surface area contributed by atoms with Gasteiger partial charge < -0.3 is 5.32 Å². The highest BCUT2D eigenvalue weighted by Crippen LogP contribution is 2.16. The van der Waals surface area contributed by atoms with Gasteiger partial charge in [0.1, 0.15) is 0 Å². The van der Waals surface area contributed by atoms with Gasteiger partial charge in [0.05, 0.1) is 18.1 Å². The van der Waals surface area contributed by atoms with Crippen LogP contribution in [0.15, 0.2) is 23.6 Å². The Hall–Kier alpha value is -1.87. The van der Waals surface area contributed by atoms with Crippen molar-refractivity contribution in [2.24, 2.45) is 0 Å². The number of sulfonamides is 1. The molecule has 0 aromatic carbocycles. The molecule has 2 aromatic heterocycles. The van der Waals surface area contributed by atoms with Crippen molar-refractivity contribution < 1.29 is 8.42 Å². The number of hydrogen-bond donors (Lipinski definition) is 3. The molecule has 3 N–H and O–H groups in total. The molecule has 110 valence electrons. The fourth-order valence-corrected chi connectivity index (χ4v) is 2.87. The van der Waals surface area contributed by atoms with Gasteiger partial charge in [0.15, 0.2) is 5.03 Å². The minimum absolute atomic E-state index is 0.0719. The number of H-pyrrole nitrogens is 1. The van der Waals surface area contributed by atoms with Gasteiger partial charge in [-0.05, 0) is 13.5 Å². The van der Waals surface area contributed by atoms with E-state index < -0.39 is 10.0 Å². The van der Waals surface area contributed by atoms with E-state index in [0.717, 1.165) is 6.54 Å². The summed E-state index contributed by atoms with van der Waals surface area (Å²) in [5.74, 6) is 0. The molecule has 8 nitrogen and oxygen atoms in total. The third-order valence-electron chi connectivity index (χ3n) is 2.72. The quantitative estimate of drug-likeness (QED) is 0.692. The topological polar surface area (TPSA) is 105 Å². The van der Waals surface area contributed by atoms with Gasteiger partial charge in [0.25, 0.3) is 10.0 Å². The number of nitrogens with zero attached hydrogens (tertiary/aromatic N) is 3. The molecule has 20 heavy (non-hydrogen) atoms. The summed E-state index contributed by atoms with van der Waals surface area (Å²) < 4.78 is 28.7. The summed E-state index contributed by atoms with van der Waals surface area (Å²) in [4.78, 5) is 0. The number of anilines is 1. The van der Waals surface area contributed by atoms with E-state index in [9.17, 15) is 8.42 Å². The molecule has 0 radical (unpaired) electrons. The highest BCUT2D eigenvalue weighted by atomic mass is 32.2. The lowest BCUT2D eigenvalue weighted by Gasteiger charge is -2.06. The summed E-state index contributed by atoms with van der Waals surface area (Å²) >= 11 is 0. The summed E-state index contributed by atoms with van der Waals surface area (Å²) in [7, 11) is -3.69. The molecule has 9 heteroatoms. The second-order valence-electron chi connectivity index (χ2n) is 4.19. The lowest BCUT2D eigenvalue weighted by Crippen LogP contribution is -2.18. The minimum Gasteiger partial charge on any atom is -0.313 e. The normalized spacial score (nSPS) is 11.7. The second kappa shape index (κ2) is 6.06. The Bertz CT molecular complexity index is 660. The highest BCUT2D eigenvalue weighted by Gasteiger charge is 2.21. The fraction of sp³-hybridized carbons (Fsp3) is 0.455. The largest absolute Gasteiger partial charge is 0.313 e. The van der Waals surface area contributed by atoms with Crippen LogP contribution in [0.2, 0.25) is 0 Å². The van der Waals surface area contributed by atoms with Crippen molar-refractivity contribution in [1.82, 2.24) is 25.3 Å². The van der Waals surface area contributed by atoms with Crippen LogP contribution in [0.25, 0.3) is 0 Å². The predicted molar refractivity (Wildman–Crippen MR) is 74.7 cm³/mol. The van der Waals surface area contributed by atoms with E-state index in [1.165, 1.54) is 12.4 Å². The van der Waals surface area contributed by atoms with E-state index in [0.29, 0.717) is 24.3 Å². The van der Waals surface area contributed by atoms with E-state index in [1.807, 2.05) is 13.8 Å². The molecule has 2 aromatic rings. The number of nitrogens with one attached hydrogen (secondary N) is 3. The van der Waals surface area contributed by atoms with Crippen molar-refractivity contribution >= 4 is 15.7 Å². The van der Waals surface area contributed by atoms with Crippen molar-refractivity contribution in [2.45, 2.75) is 32.0 Å². The first-order chi connectivity index (χ1) is 9.56. The van der Waals surface area contributed by atoms with Crippen molar-refractivity contribution in [3.8, 4) is 0 Å². The van der Waals surface area contributed by atoms with E-state index in [4.69, 9.17) is 0 Å². The van der Waals surface area contributed by atoms with Crippen LogP contribution in [-0.4, -0.2) is 34.9 Å². The maximum Gasteiger partial charge on any atom is 0.279 e. The minimum atomic E-state index is -3.69. The molecule has 0 atom stereocenters. The summed E-state index contributed by atoms with van der Waals surface area (Å²) in [5, 5.41) is 13.5. The Morgan fingerprint density at radius 1 is 1.35 bits per heavy atom. The van der Waals surface area contributed by atoms with Gasteiger partial charge in [-0.1, -0.05) is 6.92 Å². The summed E-state index contributed by atoms with van der Waals surface area (Å²) in [6.07, 6.45) is 4.62. The van der Waals surface area contributed by atoms with Crippen LogP contribution in [0, 0.1) is 0 Å². The van der Waals surface area contributed by atoms with Crippen LogP contribution < -0.4 is 10.0 Å². The lowest BCUT2D eigenvalue weighted by molar-refractivity contribution is 0.594. The van der Waals surface area contributed by atoms with Gasteiger partial charge >= 0.3 is 0 Å². The van der Waals surface area contributed by atoms with Crippen molar-refractivity contribution in [1.29, 1.82) is 0 Å². The molecule has 0 aliphatic rings. The Morgan fingerprint density at radius 3 is 2.80 bits per heavy atom. The molecule has 0 spiro atoms. The van der Waals surface area contributed by atoms with Crippen molar-refractivity contribution in [3.05, 3.63) is 24.2 Å². The first-order valence-corrected chi connectivity index (χ1v) is 7.83. The Morgan fingerprint density at radius 2 is 2.15 bits per heavy atom. The van der Waals surface area contributed by atoms with Crippen LogP contribution in [0.3, 0.4) is 0 Å². The smallest absolute Gasteiger partial charge is 0.279 e. The highest BCUT2D eigenvalue weighted by molar-refractivity contribution is 7.92. The molecular weight excluding hydrogens is 280 g/mol. The first kappa shape index (κ1) is 14.5. The molecule has 0 aliphatic heterocycles. The molecule has 0 aliphatic carbocycles. The maximum atomic E-state index is 12.3. The Kier molecular flexibility index (Phi) is 4.40. The maximum absolute atomic E-state index is 12.3. The molecule has 0 amide bonds. The first-order valence-electron chi connectivity index (χ1n) is 6.35. The van der Waals surface area contributed by atoms with Gasteiger partial charge in [-0.25, -0.2) is 0 Å². The SMILES string of the molecule is CCNCc1cn[nH]c1S(=O)(=O)Nc1cnn(CC)c1. The number of aryl methyl sites for hydroxylation is 1. The van der Waals surface area contributed by atoms with E-state index in [2.05, 4.69) is 25.3 Å². The third-order valence-corrected chi connectivity index (χ3v) is 4.12. The monoisotopic (exact) mass is 298 g/mol. The Balaban J connectivity index is 2.19. The van der Waals surface area contributed by atoms with Crippen molar-refractivity contribution in [2.75, 3.05) is 11.3 Å². The third kappa shape index (κ3) is 3.17. The Labute approximate surface area is 117 Å². The van der Waals surface area contributed by atoms with Gasteiger partial charge in [-0.15, -0.1) is 0 Å². The number of hydrogen-bond acceptors (Lipinski definition) is 5. The zero-order chi connectivity index (χ0) is 14.6. The standard InChI is InChI=1S/C11H18N6O2S/c1-3-12-5-9-6-13-15-11(9)20(18,19)16-10-7-14-17(4-2)8-10/h6-8,12,16H,3-5H2,1-2H3,(H,13,15). The van der Waals surface area contributed by atoms with E-state index in [-0.39, 0.29) is 5.03 Å². The molecule has 2 rings (SSSR count). The van der Waals surface area contributed by atoms with Crippen LogP contribution in [0.1, 0.15) is 19.4 Å². The number of aromatic nitrogens is 4. The molecule has 0 saturated carbocycles. The summed E-state index contributed by atoms with van der Waals surface area (Å²) in [6, 6.07) is 0. The predicted octanol–water partition coefficient (Wildman–Crippen LogP) is 0.536. The number of rotatable bonds is 7. The second-order valence-corrected chi connectivity index (χ2v) is 5.81. The zero-order valence-corrected chi connectivity index (χ0v) is 12.2. The van der Waals surface area contributed by atoms with Crippen LogP contribution >= 0.6 is 0 Å². The van der Waals surface area contributed by atoms with E-state index >= 15 is 0 Å². The van der Waals surface area contributed by atoms with Gasteiger partial charge in [-0.2, -0.15) is 18.6 Å². The summed E-state index contributed by atoms with van der Waals surface area (Å²) in [6.45, 7) is 5.75.